The molecule has 0 aliphatic rings. The lowest BCUT2D eigenvalue weighted by molar-refractivity contribution is 1.05. The van der Waals surface area contributed by atoms with Gasteiger partial charge in [-0.15, -0.1) is 0 Å². The normalized spacial score (nSPS) is 10.1. The highest BCUT2D eigenvalue weighted by Gasteiger charge is 2.04. The van der Waals surface area contributed by atoms with Gasteiger partial charge in [-0.1, -0.05) is 0 Å². The average molecular weight is 227 g/mol. The largest absolute Gasteiger partial charge is 0.264 e. The standard InChI is InChI=1S/C8H4Cl2N4/c9-7-12-6(13-8(10)14-7)5-2-1-3-11-4-5/h1-4H. The first-order valence-corrected chi connectivity index (χ1v) is 4.49. The third-order valence-electron chi connectivity index (χ3n) is 1.50. The highest BCUT2D eigenvalue weighted by molar-refractivity contribution is 6.31. The van der Waals surface area contributed by atoms with E-state index < -0.39 is 0 Å². The number of hydrogen-bond donors (Lipinski definition) is 0. The monoisotopic (exact) mass is 226 g/mol. The van der Waals surface area contributed by atoms with Gasteiger partial charge < -0.3 is 0 Å². The van der Waals surface area contributed by atoms with Crippen LogP contribution in [0.4, 0.5) is 0 Å². The number of aromatic nitrogens is 4. The fourth-order valence-electron chi connectivity index (χ4n) is 0.950. The van der Waals surface area contributed by atoms with Crippen molar-refractivity contribution in [1.82, 2.24) is 19.9 Å². The minimum absolute atomic E-state index is 0.0730. The summed E-state index contributed by atoms with van der Waals surface area (Å²) < 4.78 is 0. The Bertz CT molecular complexity index is 426. The Labute approximate surface area is 90.0 Å². The van der Waals surface area contributed by atoms with Gasteiger partial charge in [-0.25, -0.2) is 0 Å². The van der Waals surface area contributed by atoms with Gasteiger partial charge in [-0.2, -0.15) is 15.0 Å². The van der Waals surface area contributed by atoms with Crippen LogP contribution in [0.5, 0.6) is 0 Å². The fourth-order valence-corrected chi connectivity index (χ4v) is 1.31. The van der Waals surface area contributed by atoms with Gasteiger partial charge in [0.15, 0.2) is 5.82 Å². The van der Waals surface area contributed by atoms with Crippen LogP contribution in [0.3, 0.4) is 0 Å². The molecule has 4 nitrogen and oxygen atoms in total. The maximum absolute atomic E-state index is 5.63. The molecule has 70 valence electrons. The topological polar surface area (TPSA) is 51.6 Å². The molecule has 2 aromatic heterocycles. The Morgan fingerprint density at radius 3 is 2.29 bits per heavy atom. The Balaban J connectivity index is 2.52. The van der Waals surface area contributed by atoms with E-state index in [0.717, 1.165) is 5.56 Å². The molecule has 0 aliphatic carbocycles. The van der Waals surface area contributed by atoms with Crippen LogP contribution in [0, 0.1) is 0 Å². The highest BCUT2D eigenvalue weighted by Crippen LogP contribution is 2.16. The average Bonchev–Trinajstić information content (AvgIpc) is 2.18. The van der Waals surface area contributed by atoms with Crippen molar-refractivity contribution in [3.05, 3.63) is 35.1 Å². The van der Waals surface area contributed by atoms with Gasteiger partial charge in [0.2, 0.25) is 10.6 Å². The van der Waals surface area contributed by atoms with E-state index in [2.05, 4.69) is 19.9 Å². The molecule has 2 heterocycles. The second-order valence-corrected chi connectivity index (χ2v) is 3.11. The van der Waals surface area contributed by atoms with Crippen LogP contribution in [-0.2, 0) is 0 Å². The van der Waals surface area contributed by atoms with Crippen LogP contribution < -0.4 is 0 Å². The van der Waals surface area contributed by atoms with Crippen molar-refractivity contribution in [2.24, 2.45) is 0 Å². The number of rotatable bonds is 1. The van der Waals surface area contributed by atoms with E-state index >= 15 is 0 Å². The highest BCUT2D eigenvalue weighted by atomic mass is 35.5. The molecule has 0 saturated heterocycles. The van der Waals surface area contributed by atoms with Crippen molar-refractivity contribution >= 4 is 23.2 Å². The summed E-state index contributed by atoms with van der Waals surface area (Å²) in [6.07, 6.45) is 3.29. The number of nitrogens with zero attached hydrogens (tertiary/aromatic N) is 4. The van der Waals surface area contributed by atoms with Gasteiger partial charge in [0, 0.05) is 18.0 Å². The zero-order chi connectivity index (χ0) is 9.97. The lowest BCUT2D eigenvalue weighted by atomic mass is 10.3. The summed E-state index contributed by atoms with van der Waals surface area (Å²) in [5.41, 5.74) is 0.749. The minimum Gasteiger partial charge on any atom is -0.264 e. The van der Waals surface area contributed by atoms with Gasteiger partial charge in [0.05, 0.1) is 0 Å². The predicted octanol–water partition coefficient (Wildman–Crippen LogP) is 2.24. The molecule has 0 radical (unpaired) electrons. The van der Waals surface area contributed by atoms with E-state index in [9.17, 15) is 0 Å². The fraction of sp³-hybridized carbons (Fsp3) is 0. The van der Waals surface area contributed by atoms with Crippen LogP contribution >= 0.6 is 23.2 Å². The summed E-state index contributed by atoms with van der Waals surface area (Å²) in [5.74, 6) is 0.420. The van der Waals surface area contributed by atoms with Crippen molar-refractivity contribution < 1.29 is 0 Å². The van der Waals surface area contributed by atoms with Crippen molar-refractivity contribution in [3.63, 3.8) is 0 Å². The summed E-state index contributed by atoms with van der Waals surface area (Å²) in [6, 6.07) is 3.59. The minimum atomic E-state index is 0.0730. The van der Waals surface area contributed by atoms with E-state index in [4.69, 9.17) is 23.2 Å². The van der Waals surface area contributed by atoms with Crippen LogP contribution in [0.1, 0.15) is 0 Å². The second kappa shape index (κ2) is 3.86. The van der Waals surface area contributed by atoms with E-state index in [1.54, 1.807) is 18.5 Å². The molecule has 6 heteroatoms. The zero-order valence-electron chi connectivity index (χ0n) is 6.85. The first kappa shape index (κ1) is 9.30. The Hall–Kier alpha value is -1.26. The van der Waals surface area contributed by atoms with E-state index in [-0.39, 0.29) is 10.6 Å². The molecule has 0 N–H and O–H groups in total. The summed E-state index contributed by atoms with van der Waals surface area (Å²) in [5, 5.41) is 0.146. The molecule has 0 fully saturated rings. The van der Waals surface area contributed by atoms with Gasteiger partial charge >= 0.3 is 0 Å². The zero-order valence-corrected chi connectivity index (χ0v) is 8.37. The molecule has 2 aromatic rings. The summed E-state index contributed by atoms with van der Waals surface area (Å²) in [7, 11) is 0. The quantitative estimate of drug-likeness (QED) is 0.749. The molecule has 0 aromatic carbocycles. The van der Waals surface area contributed by atoms with Crippen molar-refractivity contribution in [2.75, 3.05) is 0 Å². The molecule has 0 atom stereocenters. The lowest BCUT2D eigenvalue weighted by Gasteiger charge is -1.98. The molecule has 0 unspecified atom stereocenters. The lowest BCUT2D eigenvalue weighted by Crippen LogP contribution is -1.93. The van der Waals surface area contributed by atoms with Gasteiger partial charge in [0.25, 0.3) is 0 Å². The molecule has 0 spiro atoms. The molecule has 0 bridgehead atoms. The Morgan fingerprint density at radius 1 is 1.00 bits per heavy atom. The maximum Gasteiger partial charge on any atom is 0.227 e. The van der Waals surface area contributed by atoms with Crippen LogP contribution in [0.25, 0.3) is 11.4 Å². The smallest absolute Gasteiger partial charge is 0.227 e. The van der Waals surface area contributed by atoms with Crippen LogP contribution in [0.15, 0.2) is 24.5 Å². The van der Waals surface area contributed by atoms with Crippen molar-refractivity contribution in [2.45, 2.75) is 0 Å². The summed E-state index contributed by atoms with van der Waals surface area (Å²) in [6.45, 7) is 0. The van der Waals surface area contributed by atoms with Crippen molar-refractivity contribution in [1.29, 1.82) is 0 Å². The van der Waals surface area contributed by atoms with Gasteiger partial charge in [0.1, 0.15) is 0 Å². The Morgan fingerprint density at radius 2 is 1.71 bits per heavy atom. The van der Waals surface area contributed by atoms with E-state index in [1.807, 2.05) is 6.07 Å². The molecule has 0 amide bonds. The molecular formula is C8H4Cl2N4. The number of hydrogen-bond acceptors (Lipinski definition) is 4. The van der Waals surface area contributed by atoms with Gasteiger partial charge in [-0.05, 0) is 35.3 Å². The summed E-state index contributed by atoms with van der Waals surface area (Å²) >= 11 is 11.3. The molecule has 0 aliphatic heterocycles. The van der Waals surface area contributed by atoms with E-state index in [1.165, 1.54) is 0 Å². The van der Waals surface area contributed by atoms with Gasteiger partial charge in [-0.3, -0.25) is 4.98 Å². The van der Waals surface area contributed by atoms with Crippen LogP contribution in [-0.4, -0.2) is 19.9 Å². The first-order valence-electron chi connectivity index (χ1n) is 3.73. The molecular weight excluding hydrogens is 223 g/mol. The maximum atomic E-state index is 5.63. The number of halogens is 2. The Kier molecular flexibility index (Phi) is 2.56. The number of pyridine rings is 1. The summed E-state index contributed by atoms with van der Waals surface area (Å²) in [4.78, 5) is 15.4. The third-order valence-corrected chi connectivity index (χ3v) is 1.84. The van der Waals surface area contributed by atoms with Crippen molar-refractivity contribution in [3.8, 4) is 11.4 Å². The SMILES string of the molecule is Clc1nc(Cl)nc(-c2cccnc2)n1. The molecule has 2 rings (SSSR count). The van der Waals surface area contributed by atoms with Crippen LogP contribution in [0.2, 0.25) is 10.6 Å². The molecule has 14 heavy (non-hydrogen) atoms. The first-order chi connectivity index (χ1) is 6.75. The second-order valence-electron chi connectivity index (χ2n) is 2.44. The van der Waals surface area contributed by atoms with E-state index in [0.29, 0.717) is 5.82 Å². The molecule has 0 saturated carbocycles. The third kappa shape index (κ3) is 1.97. The predicted molar refractivity (Wildman–Crippen MR) is 53.1 cm³/mol.